The molecule has 128 valence electrons. The molecule has 0 aliphatic carbocycles. The molecule has 5 nitrogen and oxygen atoms in total. The number of benzene rings is 1. The lowest BCUT2D eigenvalue weighted by Gasteiger charge is -2.27. The number of anilines is 1. The van der Waals surface area contributed by atoms with Gasteiger partial charge in [-0.25, -0.2) is 0 Å². The van der Waals surface area contributed by atoms with Crippen LogP contribution in [0.15, 0.2) is 24.3 Å². The molecular formula is C19H26N4O. The Morgan fingerprint density at radius 3 is 2.79 bits per heavy atom. The number of rotatable bonds is 5. The minimum absolute atomic E-state index is 0.0635. The standard InChI is InChI=1S/C19H26N4O/c1-13(23-10-9-16-7-5-6-8-18(16)23)12-20-19(24)11-17-14(2)21-22(4)15(17)3/h5-8,13H,9-12H2,1-4H3,(H,20,24)/t13-/m0/s1. The topological polar surface area (TPSA) is 50.2 Å². The smallest absolute Gasteiger partial charge is 0.224 e. The van der Waals surface area contributed by atoms with E-state index in [1.54, 1.807) is 0 Å². The van der Waals surface area contributed by atoms with Crippen LogP contribution >= 0.6 is 0 Å². The molecule has 24 heavy (non-hydrogen) atoms. The molecule has 5 heteroatoms. The molecule has 1 aliphatic heterocycles. The molecular weight excluding hydrogens is 300 g/mol. The van der Waals surface area contributed by atoms with Crippen molar-refractivity contribution in [3.63, 3.8) is 0 Å². The predicted molar refractivity (Wildman–Crippen MR) is 96.3 cm³/mol. The van der Waals surface area contributed by atoms with Crippen LogP contribution in [-0.2, 0) is 24.7 Å². The van der Waals surface area contributed by atoms with Crippen LogP contribution in [0, 0.1) is 13.8 Å². The lowest BCUT2D eigenvalue weighted by molar-refractivity contribution is -0.120. The fourth-order valence-electron chi connectivity index (χ4n) is 3.49. The number of carbonyl (C=O) groups excluding carboxylic acids is 1. The van der Waals surface area contributed by atoms with Crippen molar-refractivity contribution < 1.29 is 4.79 Å². The molecule has 0 spiro atoms. The van der Waals surface area contributed by atoms with Gasteiger partial charge in [0.1, 0.15) is 0 Å². The van der Waals surface area contributed by atoms with E-state index >= 15 is 0 Å². The number of nitrogens with zero attached hydrogens (tertiary/aromatic N) is 3. The zero-order chi connectivity index (χ0) is 17.3. The van der Waals surface area contributed by atoms with E-state index in [2.05, 4.69) is 46.5 Å². The Bertz CT molecular complexity index is 750. The van der Waals surface area contributed by atoms with Gasteiger partial charge in [-0.05, 0) is 38.8 Å². The van der Waals surface area contributed by atoms with Crippen LogP contribution in [0.1, 0.15) is 29.4 Å². The molecule has 2 aromatic rings. The largest absolute Gasteiger partial charge is 0.366 e. The third kappa shape index (κ3) is 3.16. The van der Waals surface area contributed by atoms with Gasteiger partial charge in [-0.2, -0.15) is 5.10 Å². The molecule has 1 aromatic heterocycles. The third-order valence-corrected chi connectivity index (χ3v) is 5.05. The maximum atomic E-state index is 12.3. The van der Waals surface area contributed by atoms with Crippen LogP contribution < -0.4 is 10.2 Å². The lowest BCUT2D eigenvalue weighted by Crippen LogP contribution is -2.42. The summed E-state index contributed by atoms with van der Waals surface area (Å²) in [5, 5.41) is 7.46. The van der Waals surface area contributed by atoms with E-state index in [1.807, 2.05) is 25.6 Å². The first-order valence-corrected chi connectivity index (χ1v) is 8.57. The quantitative estimate of drug-likeness (QED) is 0.916. The summed E-state index contributed by atoms with van der Waals surface area (Å²) < 4.78 is 1.84. The number of amides is 1. The summed E-state index contributed by atoms with van der Waals surface area (Å²) in [5.41, 5.74) is 5.74. The first-order chi connectivity index (χ1) is 11.5. The van der Waals surface area contributed by atoms with E-state index in [-0.39, 0.29) is 11.9 Å². The Balaban J connectivity index is 1.57. The fourth-order valence-corrected chi connectivity index (χ4v) is 3.49. The average molecular weight is 326 g/mol. The monoisotopic (exact) mass is 326 g/mol. The van der Waals surface area contributed by atoms with Crippen molar-refractivity contribution in [1.29, 1.82) is 0 Å². The Labute approximate surface area is 143 Å². The highest BCUT2D eigenvalue weighted by atomic mass is 16.1. The normalized spacial score (nSPS) is 14.6. The van der Waals surface area contributed by atoms with Gasteiger partial charge in [0.15, 0.2) is 0 Å². The summed E-state index contributed by atoms with van der Waals surface area (Å²) in [5.74, 6) is 0.0635. The molecule has 0 fully saturated rings. The Morgan fingerprint density at radius 1 is 1.33 bits per heavy atom. The molecule has 2 heterocycles. The molecule has 1 N–H and O–H groups in total. The average Bonchev–Trinajstić information content (AvgIpc) is 3.09. The van der Waals surface area contributed by atoms with Crippen molar-refractivity contribution in [3.8, 4) is 0 Å². The molecule has 3 rings (SSSR count). The van der Waals surface area contributed by atoms with E-state index in [1.165, 1.54) is 11.3 Å². The van der Waals surface area contributed by atoms with Gasteiger partial charge in [-0.15, -0.1) is 0 Å². The number of fused-ring (bicyclic) bond motifs is 1. The first kappa shape index (κ1) is 16.6. The van der Waals surface area contributed by atoms with E-state index in [4.69, 9.17) is 0 Å². The number of aryl methyl sites for hydroxylation is 2. The van der Waals surface area contributed by atoms with Gasteiger partial charge in [0.2, 0.25) is 5.91 Å². The Morgan fingerprint density at radius 2 is 2.08 bits per heavy atom. The SMILES string of the molecule is Cc1nn(C)c(C)c1CC(=O)NC[C@H](C)N1CCc2ccccc21. The van der Waals surface area contributed by atoms with Gasteiger partial charge in [0.25, 0.3) is 0 Å². The van der Waals surface area contributed by atoms with Gasteiger partial charge in [-0.3, -0.25) is 9.48 Å². The molecule has 0 unspecified atom stereocenters. The van der Waals surface area contributed by atoms with Gasteiger partial charge < -0.3 is 10.2 Å². The fraction of sp³-hybridized carbons (Fsp3) is 0.474. The van der Waals surface area contributed by atoms with Crippen molar-refractivity contribution in [2.75, 3.05) is 18.0 Å². The number of aromatic nitrogens is 2. The van der Waals surface area contributed by atoms with Crippen molar-refractivity contribution in [2.24, 2.45) is 7.05 Å². The summed E-state index contributed by atoms with van der Waals surface area (Å²) in [6.45, 7) is 7.82. The molecule has 1 amide bonds. The molecule has 1 aliphatic rings. The van der Waals surface area contributed by atoms with E-state index in [0.29, 0.717) is 13.0 Å². The van der Waals surface area contributed by atoms with Crippen molar-refractivity contribution in [2.45, 2.75) is 39.7 Å². The van der Waals surface area contributed by atoms with Crippen LogP contribution in [-0.4, -0.2) is 34.8 Å². The lowest BCUT2D eigenvalue weighted by atomic mass is 10.1. The molecule has 0 saturated heterocycles. The summed E-state index contributed by atoms with van der Waals surface area (Å²) >= 11 is 0. The highest BCUT2D eigenvalue weighted by Crippen LogP contribution is 2.28. The van der Waals surface area contributed by atoms with Gasteiger partial charge in [0, 0.05) is 43.1 Å². The molecule has 0 bridgehead atoms. The van der Waals surface area contributed by atoms with Crippen molar-refractivity contribution >= 4 is 11.6 Å². The zero-order valence-corrected chi connectivity index (χ0v) is 15.0. The second kappa shape index (κ2) is 6.67. The van der Waals surface area contributed by atoms with Crippen LogP contribution in [0.4, 0.5) is 5.69 Å². The highest BCUT2D eigenvalue weighted by molar-refractivity contribution is 5.79. The predicted octanol–water partition coefficient (Wildman–Crippen LogP) is 2.15. The Kier molecular flexibility index (Phi) is 4.60. The first-order valence-electron chi connectivity index (χ1n) is 8.57. The van der Waals surface area contributed by atoms with Gasteiger partial charge >= 0.3 is 0 Å². The van der Waals surface area contributed by atoms with E-state index in [9.17, 15) is 4.79 Å². The summed E-state index contributed by atoms with van der Waals surface area (Å²) in [6, 6.07) is 8.81. The van der Waals surface area contributed by atoms with E-state index < -0.39 is 0 Å². The van der Waals surface area contributed by atoms with Crippen LogP contribution in [0.3, 0.4) is 0 Å². The van der Waals surface area contributed by atoms with Crippen LogP contribution in [0.2, 0.25) is 0 Å². The molecule has 1 atom stereocenters. The van der Waals surface area contributed by atoms with Crippen LogP contribution in [0.25, 0.3) is 0 Å². The van der Waals surface area contributed by atoms with Crippen LogP contribution in [0.5, 0.6) is 0 Å². The molecule has 0 radical (unpaired) electrons. The number of carbonyl (C=O) groups is 1. The van der Waals surface area contributed by atoms with E-state index in [0.717, 1.165) is 29.9 Å². The van der Waals surface area contributed by atoms with Crippen molar-refractivity contribution in [3.05, 3.63) is 46.8 Å². The molecule has 0 saturated carbocycles. The highest BCUT2D eigenvalue weighted by Gasteiger charge is 2.23. The summed E-state index contributed by atoms with van der Waals surface area (Å²) in [6.07, 6.45) is 1.48. The van der Waals surface area contributed by atoms with Gasteiger partial charge in [0.05, 0.1) is 12.1 Å². The number of nitrogens with one attached hydrogen (secondary N) is 1. The number of hydrogen-bond donors (Lipinski definition) is 1. The van der Waals surface area contributed by atoms with Crippen molar-refractivity contribution in [1.82, 2.24) is 15.1 Å². The summed E-state index contributed by atoms with van der Waals surface area (Å²) in [4.78, 5) is 14.7. The number of hydrogen-bond acceptors (Lipinski definition) is 3. The third-order valence-electron chi connectivity index (χ3n) is 5.05. The molecule has 1 aromatic carbocycles. The van der Waals surface area contributed by atoms with Gasteiger partial charge in [-0.1, -0.05) is 18.2 Å². The second-order valence-corrected chi connectivity index (χ2v) is 6.67. The zero-order valence-electron chi connectivity index (χ0n) is 15.0. The minimum atomic E-state index is 0.0635. The minimum Gasteiger partial charge on any atom is -0.366 e. The maximum absolute atomic E-state index is 12.3. The maximum Gasteiger partial charge on any atom is 0.224 e. The second-order valence-electron chi connectivity index (χ2n) is 6.67. The Hall–Kier alpha value is -2.30. The number of para-hydroxylation sites is 1. The summed E-state index contributed by atoms with van der Waals surface area (Å²) in [7, 11) is 1.91.